The van der Waals surface area contributed by atoms with Crippen LogP contribution in [0, 0.1) is 10.1 Å². The number of aryl methyl sites for hydroxylation is 1. The zero-order valence-corrected chi connectivity index (χ0v) is 8.75. The van der Waals surface area contributed by atoms with E-state index in [9.17, 15) is 20.3 Å². The summed E-state index contributed by atoms with van der Waals surface area (Å²) in [5.41, 5.74) is 0.172. The number of hydrogen-bond donors (Lipinski definition) is 3. The van der Waals surface area contributed by atoms with Crippen molar-refractivity contribution in [2.45, 2.75) is 19.3 Å². The standard InChI is InChI=1S/C10H10N2O5/c13-7-4-5-2-1-3-6(11-15)8(5)9(10(7)14)12(16)17/h4,13-15H,1-3H2. The third-order valence-electron chi connectivity index (χ3n) is 2.79. The Balaban J connectivity index is 2.80. The van der Waals surface area contributed by atoms with Crippen molar-refractivity contribution in [1.29, 1.82) is 0 Å². The van der Waals surface area contributed by atoms with E-state index in [1.54, 1.807) is 0 Å². The summed E-state index contributed by atoms with van der Waals surface area (Å²) >= 11 is 0. The average Bonchev–Trinajstić information content (AvgIpc) is 2.29. The van der Waals surface area contributed by atoms with Crippen LogP contribution in [0.1, 0.15) is 24.0 Å². The molecule has 17 heavy (non-hydrogen) atoms. The summed E-state index contributed by atoms with van der Waals surface area (Å²) in [6.45, 7) is 0. The van der Waals surface area contributed by atoms with Crippen molar-refractivity contribution in [2.75, 3.05) is 0 Å². The van der Waals surface area contributed by atoms with Crippen LogP contribution in [0.25, 0.3) is 0 Å². The molecule has 0 fully saturated rings. The van der Waals surface area contributed by atoms with Crippen LogP contribution in [0.15, 0.2) is 11.2 Å². The minimum Gasteiger partial charge on any atom is -0.504 e. The molecule has 0 heterocycles. The van der Waals surface area contributed by atoms with Gasteiger partial charge in [0, 0.05) is 0 Å². The fourth-order valence-corrected chi connectivity index (χ4v) is 2.07. The van der Waals surface area contributed by atoms with Crippen LogP contribution in [0.3, 0.4) is 0 Å². The molecule has 0 saturated carbocycles. The van der Waals surface area contributed by atoms with Crippen LogP contribution in [0.2, 0.25) is 0 Å². The molecule has 0 unspecified atom stereocenters. The molecular formula is C10H10N2O5. The number of fused-ring (bicyclic) bond motifs is 1. The molecule has 1 aliphatic rings. The summed E-state index contributed by atoms with van der Waals surface area (Å²) in [5, 5.41) is 41.7. The second-order valence-corrected chi connectivity index (χ2v) is 3.78. The van der Waals surface area contributed by atoms with Gasteiger partial charge < -0.3 is 15.4 Å². The summed E-state index contributed by atoms with van der Waals surface area (Å²) in [5.74, 6) is -1.33. The maximum atomic E-state index is 10.9. The summed E-state index contributed by atoms with van der Waals surface area (Å²) in [6, 6.07) is 1.27. The summed E-state index contributed by atoms with van der Waals surface area (Å²) in [6.07, 6.45) is 1.60. The summed E-state index contributed by atoms with van der Waals surface area (Å²) in [7, 11) is 0. The molecule has 3 N–H and O–H groups in total. The van der Waals surface area contributed by atoms with Crippen LogP contribution >= 0.6 is 0 Å². The Morgan fingerprint density at radius 3 is 2.65 bits per heavy atom. The number of phenolic OH excluding ortho intramolecular Hbond substituents is 2. The Hall–Kier alpha value is -2.31. The molecular weight excluding hydrogens is 228 g/mol. The maximum Gasteiger partial charge on any atom is 0.324 e. The molecule has 1 aromatic carbocycles. The molecule has 0 radical (unpaired) electrons. The molecule has 2 rings (SSSR count). The van der Waals surface area contributed by atoms with Gasteiger partial charge in [-0.1, -0.05) is 5.16 Å². The first-order valence-corrected chi connectivity index (χ1v) is 4.99. The molecule has 7 nitrogen and oxygen atoms in total. The van der Waals surface area contributed by atoms with Gasteiger partial charge in [-0.15, -0.1) is 0 Å². The van der Waals surface area contributed by atoms with Crippen molar-refractivity contribution in [3.05, 3.63) is 27.3 Å². The van der Waals surface area contributed by atoms with Gasteiger partial charge in [0.2, 0.25) is 5.75 Å². The highest BCUT2D eigenvalue weighted by Gasteiger charge is 2.31. The smallest absolute Gasteiger partial charge is 0.324 e. The van der Waals surface area contributed by atoms with Crippen molar-refractivity contribution in [2.24, 2.45) is 5.16 Å². The Morgan fingerprint density at radius 2 is 2.06 bits per heavy atom. The number of nitrogens with zero attached hydrogens (tertiary/aromatic N) is 2. The highest BCUT2D eigenvalue weighted by molar-refractivity contribution is 6.06. The molecule has 1 aliphatic carbocycles. The average molecular weight is 238 g/mol. The maximum absolute atomic E-state index is 10.9. The van der Waals surface area contributed by atoms with E-state index in [4.69, 9.17) is 5.21 Å². The van der Waals surface area contributed by atoms with E-state index in [0.29, 0.717) is 24.8 Å². The number of nitro benzene ring substituents is 1. The van der Waals surface area contributed by atoms with Crippen molar-refractivity contribution >= 4 is 11.4 Å². The number of aromatic hydroxyl groups is 2. The highest BCUT2D eigenvalue weighted by atomic mass is 16.6. The van der Waals surface area contributed by atoms with E-state index < -0.39 is 22.1 Å². The van der Waals surface area contributed by atoms with Crippen LogP contribution in [-0.4, -0.2) is 26.1 Å². The monoisotopic (exact) mass is 238 g/mol. The van der Waals surface area contributed by atoms with E-state index in [1.165, 1.54) is 6.07 Å². The van der Waals surface area contributed by atoms with Crippen LogP contribution in [-0.2, 0) is 6.42 Å². The normalized spacial score (nSPS) is 16.8. The van der Waals surface area contributed by atoms with Gasteiger partial charge in [0.25, 0.3) is 0 Å². The third kappa shape index (κ3) is 1.65. The number of nitro groups is 1. The number of benzene rings is 1. The second kappa shape index (κ2) is 3.93. The van der Waals surface area contributed by atoms with E-state index in [2.05, 4.69) is 5.16 Å². The Labute approximate surface area is 95.8 Å². The molecule has 1 aromatic rings. The fourth-order valence-electron chi connectivity index (χ4n) is 2.07. The van der Waals surface area contributed by atoms with Crippen molar-refractivity contribution in [3.63, 3.8) is 0 Å². The second-order valence-electron chi connectivity index (χ2n) is 3.78. The van der Waals surface area contributed by atoms with E-state index >= 15 is 0 Å². The highest BCUT2D eigenvalue weighted by Crippen LogP contribution is 2.42. The zero-order valence-electron chi connectivity index (χ0n) is 8.75. The summed E-state index contributed by atoms with van der Waals surface area (Å²) < 4.78 is 0. The van der Waals surface area contributed by atoms with Crippen molar-refractivity contribution < 1.29 is 20.3 Å². The van der Waals surface area contributed by atoms with Crippen molar-refractivity contribution in [3.8, 4) is 11.5 Å². The largest absolute Gasteiger partial charge is 0.504 e. The quantitative estimate of drug-likeness (QED) is 0.297. The van der Waals surface area contributed by atoms with Crippen molar-refractivity contribution in [1.82, 2.24) is 0 Å². The summed E-state index contributed by atoms with van der Waals surface area (Å²) in [4.78, 5) is 10.1. The Kier molecular flexibility index (Phi) is 2.58. The van der Waals surface area contributed by atoms with Crippen LogP contribution in [0.4, 0.5) is 5.69 Å². The lowest BCUT2D eigenvalue weighted by atomic mass is 9.88. The number of phenols is 2. The van der Waals surface area contributed by atoms with Gasteiger partial charge in [0.05, 0.1) is 16.2 Å². The van der Waals surface area contributed by atoms with E-state index in [-0.39, 0.29) is 11.3 Å². The van der Waals surface area contributed by atoms with E-state index in [1.807, 2.05) is 0 Å². The van der Waals surface area contributed by atoms with Crippen LogP contribution < -0.4 is 0 Å². The fraction of sp³-hybridized carbons (Fsp3) is 0.300. The first-order valence-electron chi connectivity index (χ1n) is 4.99. The minimum absolute atomic E-state index is 0.110. The molecule has 0 aliphatic heterocycles. The lowest BCUT2D eigenvalue weighted by Gasteiger charge is -2.17. The topological polar surface area (TPSA) is 116 Å². The van der Waals surface area contributed by atoms with Gasteiger partial charge in [-0.05, 0) is 30.9 Å². The number of oxime groups is 1. The van der Waals surface area contributed by atoms with Gasteiger partial charge in [0.15, 0.2) is 5.75 Å². The molecule has 7 heteroatoms. The van der Waals surface area contributed by atoms with E-state index in [0.717, 1.165) is 0 Å². The SMILES string of the molecule is O=[N+]([O-])c1c(O)c(O)cc2c1C(=NO)CCC2. The molecule has 0 atom stereocenters. The Morgan fingerprint density at radius 1 is 1.35 bits per heavy atom. The van der Waals surface area contributed by atoms with Gasteiger partial charge >= 0.3 is 5.69 Å². The zero-order chi connectivity index (χ0) is 12.6. The molecule has 90 valence electrons. The number of rotatable bonds is 1. The van der Waals surface area contributed by atoms with Gasteiger partial charge in [-0.3, -0.25) is 10.1 Å². The Bertz CT molecular complexity index is 524. The third-order valence-corrected chi connectivity index (χ3v) is 2.79. The first kappa shape index (κ1) is 11.2. The first-order chi connectivity index (χ1) is 8.06. The molecule has 0 amide bonds. The lowest BCUT2D eigenvalue weighted by Crippen LogP contribution is -2.14. The lowest BCUT2D eigenvalue weighted by molar-refractivity contribution is -0.386. The predicted octanol–water partition coefficient (Wildman–Crippen LogP) is 1.52. The molecule has 0 saturated heterocycles. The number of hydrogen-bond acceptors (Lipinski definition) is 6. The minimum atomic E-state index is -0.795. The predicted molar refractivity (Wildman–Crippen MR) is 57.7 cm³/mol. The van der Waals surface area contributed by atoms with Gasteiger partial charge in [-0.25, -0.2) is 0 Å². The molecule has 0 bridgehead atoms. The van der Waals surface area contributed by atoms with Gasteiger partial charge in [0.1, 0.15) is 0 Å². The van der Waals surface area contributed by atoms with Gasteiger partial charge in [-0.2, -0.15) is 0 Å². The van der Waals surface area contributed by atoms with Crippen LogP contribution in [0.5, 0.6) is 11.5 Å². The molecule has 0 aromatic heterocycles. The molecule has 0 spiro atoms.